The highest BCUT2D eigenvalue weighted by Gasteiger charge is 2.24. The van der Waals surface area contributed by atoms with E-state index in [1.54, 1.807) is 11.5 Å². The van der Waals surface area contributed by atoms with E-state index in [1.165, 1.54) is 37.8 Å². The Morgan fingerprint density at radius 2 is 1.78 bits per heavy atom. The molecule has 0 unspecified atom stereocenters. The van der Waals surface area contributed by atoms with Crippen LogP contribution in [0.25, 0.3) is 0 Å². The number of rotatable bonds is 3. The van der Waals surface area contributed by atoms with Crippen molar-refractivity contribution in [3.63, 3.8) is 0 Å². The Morgan fingerprint density at radius 3 is 2.48 bits per heavy atom. The average Bonchev–Trinajstić information content (AvgIpc) is 3.25. The second-order valence-electron chi connectivity index (χ2n) is 6.62. The van der Waals surface area contributed by atoms with Crippen molar-refractivity contribution in [2.45, 2.75) is 38.0 Å². The smallest absolute Gasteiger partial charge is 0.205 e. The lowest BCUT2D eigenvalue weighted by atomic mass is 9.89. The summed E-state index contributed by atoms with van der Waals surface area (Å²) < 4.78 is 6.52. The Labute approximate surface area is 141 Å². The van der Waals surface area contributed by atoms with Gasteiger partial charge in [-0.15, -0.1) is 0 Å². The molecule has 0 aromatic carbocycles. The summed E-state index contributed by atoms with van der Waals surface area (Å²) >= 11 is 1.58. The molecule has 1 saturated carbocycles. The van der Waals surface area contributed by atoms with Gasteiger partial charge in [0.2, 0.25) is 5.13 Å². The number of hydrogen-bond donors (Lipinski definition) is 0. The molecule has 0 atom stereocenters. The third-order valence-electron chi connectivity index (χ3n) is 5.01. The van der Waals surface area contributed by atoms with Gasteiger partial charge in [0.15, 0.2) is 0 Å². The van der Waals surface area contributed by atoms with Crippen LogP contribution in [0.5, 0.6) is 0 Å². The highest BCUT2D eigenvalue weighted by atomic mass is 32.1. The lowest BCUT2D eigenvalue weighted by Crippen LogP contribution is -2.46. The van der Waals surface area contributed by atoms with Gasteiger partial charge < -0.3 is 9.80 Å². The minimum absolute atomic E-state index is 0.602. The van der Waals surface area contributed by atoms with Gasteiger partial charge in [0.05, 0.1) is 11.9 Å². The van der Waals surface area contributed by atoms with E-state index < -0.39 is 0 Å². The van der Waals surface area contributed by atoms with Crippen molar-refractivity contribution in [2.75, 3.05) is 36.0 Å². The largest absolute Gasteiger partial charge is 0.365 e. The summed E-state index contributed by atoms with van der Waals surface area (Å²) in [5, 5.41) is 5.37. The molecule has 4 rings (SSSR count). The van der Waals surface area contributed by atoms with Gasteiger partial charge in [0.25, 0.3) is 0 Å². The first-order chi connectivity index (χ1) is 11.3. The van der Waals surface area contributed by atoms with Crippen LogP contribution in [0.3, 0.4) is 0 Å². The molecule has 0 bridgehead atoms. The van der Waals surface area contributed by atoms with Crippen LogP contribution in [-0.2, 0) is 7.05 Å². The molecule has 1 saturated heterocycles. The fourth-order valence-electron chi connectivity index (χ4n) is 3.61. The Bertz CT molecular complexity index is 637. The number of aromatic nitrogens is 4. The van der Waals surface area contributed by atoms with E-state index in [1.807, 2.05) is 17.9 Å². The van der Waals surface area contributed by atoms with E-state index in [0.29, 0.717) is 5.92 Å². The topological polar surface area (TPSA) is 50.1 Å². The van der Waals surface area contributed by atoms with Gasteiger partial charge in [-0.25, -0.2) is 4.98 Å². The van der Waals surface area contributed by atoms with Crippen LogP contribution in [0.15, 0.2) is 12.4 Å². The third-order valence-corrected chi connectivity index (χ3v) is 5.80. The van der Waals surface area contributed by atoms with Gasteiger partial charge in [-0.3, -0.25) is 4.68 Å². The minimum atomic E-state index is 0.602. The minimum Gasteiger partial charge on any atom is -0.365 e. The van der Waals surface area contributed by atoms with Crippen molar-refractivity contribution in [3.05, 3.63) is 18.2 Å². The molecule has 2 fully saturated rings. The maximum absolute atomic E-state index is 4.86. The molecular formula is C16H24N6S. The van der Waals surface area contributed by atoms with E-state index in [9.17, 15) is 0 Å². The van der Waals surface area contributed by atoms with Crippen molar-refractivity contribution in [2.24, 2.45) is 7.05 Å². The molecular weight excluding hydrogens is 308 g/mol. The normalized spacial score (nSPS) is 20.2. The molecule has 2 aliphatic rings. The Kier molecular flexibility index (Phi) is 4.20. The quantitative estimate of drug-likeness (QED) is 0.865. The van der Waals surface area contributed by atoms with E-state index in [4.69, 9.17) is 4.98 Å². The van der Waals surface area contributed by atoms with Gasteiger partial charge in [0.1, 0.15) is 5.82 Å². The predicted molar refractivity (Wildman–Crippen MR) is 93.4 cm³/mol. The second-order valence-corrected chi connectivity index (χ2v) is 7.35. The number of anilines is 2. The zero-order valence-electron chi connectivity index (χ0n) is 13.7. The third kappa shape index (κ3) is 3.20. The Balaban J connectivity index is 1.37. The van der Waals surface area contributed by atoms with Crippen molar-refractivity contribution in [1.29, 1.82) is 0 Å². The van der Waals surface area contributed by atoms with Crippen molar-refractivity contribution < 1.29 is 0 Å². The van der Waals surface area contributed by atoms with E-state index in [0.717, 1.165) is 37.1 Å². The number of piperazine rings is 1. The van der Waals surface area contributed by atoms with Crippen LogP contribution in [0.1, 0.15) is 43.8 Å². The molecule has 7 heteroatoms. The average molecular weight is 332 g/mol. The first-order valence-electron chi connectivity index (χ1n) is 8.62. The lowest BCUT2D eigenvalue weighted by Gasteiger charge is -2.34. The fourth-order valence-corrected chi connectivity index (χ4v) is 4.41. The molecule has 0 radical (unpaired) electrons. The Morgan fingerprint density at radius 1 is 1.04 bits per heavy atom. The monoisotopic (exact) mass is 332 g/mol. The summed E-state index contributed by atoms with van der Waals surface area (Å²) in [6.07, 6.45) is 10.6. The SMILES string of the molecule is Cn1cc(N2CCN(c3nc(C4CCCCC4)ns3)CC2)cn1. The molecule has 2 aromatic heterocycles. The van der Waals surface area contributed by atoms with Crippen molar-refractivity contribution >= 4 is 22.4 Å². The summed E-state index contributed by atoms with van der Waals surface area (Å²) in [6, 6.07) is 0. The van der Waals surface area contributed by atoms with Crippen LogP contribution in [0, 0.1) is 0 Å². The molecule has 0 N–H and O–H groups in total. The molecule has 2 aromatic rings. The van der Waals surface area contributed by atoms with Gasteiger partial charge in [-0.05, 0) is 12.8 Å². The van der Waals surface area contributed by atoms with Crippen LogP contribution in [0.2, 0.25) is 0 Å². The summed E-state index contributed by atoms with van der Waals surface area (Å²) in [7, 11) is 1.97. The zero-order valence-corrected chi connectivity index (χ0v) is 14.5. The van der Waals surface area contributed by atoms with Crippen LogP contribution in [-0.4, -0.2) is 45.3 Å². The highest BCUT2D eigenvalue weighted by molar-refractivity contribution is 7.09. The van der Waals surface area contributed by atoms with Crippen LogP contribution >= 0.6 is 11.5 Å². The zero-order chi connectivity index (χ0) is 15.6. The summed E-state index contributed by atoms with van der Waals surface area (Å²) in [5.41, 5.74) is 1.22. The van der Waals surface area contributed by atoms with Crippen molar-refractivity contribution in [1.82, 2.24) is 19.1 Å². The highest BCUT2D eigenvalue weighted by Crippen LogP contribution is 2.33. The van der Waals surface area contributed by atoms with Crippen molar-refractivity contribution in [3.8, 4) is 0 Å². The standard InChI is InChI=1S/C16H24N6S/c1-20-12-14(11-17-20)21-7-9-22(10-8-21)16-18-15(19-23-16)13-5-3-2-4-6-13/h11-13H,2-10H2,1H3. The lowest BCUT2D eigenvalue weighted by molar-refractivity contribution is 0.431. The fraction of sp³-hybridized carbons (Fsp3) is 0.688. The molecule has 6 nitrogen and oxygen atoms in total. The predicted octanol–water partition coefficient (Wildman–Crippen LogP) is 2.65. The number of nitrogens with zero attached hydrogens (tertiary/aromatic N) is 6. The number of hydrogen-bond acceptors (Lipinski definition) is 6. The summed E-state index contributed by atoms with van der Waals surface area (Å²) in [4.78, 5) is 9.64. The molecule has 1 aliphatic carbocycles. The van der Waals surface area contributed by atoms with Crippen LogP contribution < -0.4 is 9.80 Å². The van der Waals surface area contributed by atoms with Gasteiger partial charge >= 0.3 is 0 Å². The van der Waals surface area contributed by atoms with E-state index >= 15 is 0 Å². The number of aryl methyl sites for hydroxylation is 1. The molecule has 0 spiro atoms. The van der Waals surface area contributed by atoms with E-state index in [2.05, 4.69) is 25.5 Å². The summed E-state index contributed by atoms with van der Waals surface area (Å²) in [6.45, 7) is 4.05. The second kappa shape index (κ2) is 6.47. The first kappa shape index (κ1) is 14.9. The maximum Gasteiger partial charge on any atom is 0.205 e. The molecule has 0 amide bonds. The van der Waals surface area contributed by atoms with Gasteiger partial charge in [0, 0.05) is 56.9 Å². The molecule has 3 heterocycles. The summed E-state index contributed by atoms with van der Waals surface area (Å²) in [5.74, 6) is 1.70. The van der Waals surface area contributed by atoms with Crippen LogP contribution in [0.4, 0.5) is 10.8 Å². The molecule has 124 valence electrons. The van der Waals surface area contributed by atoms with Gasteiger partial charge in [-0.2, -0.15) is 9.47 Å². The Hall–Kier alpha value is -1.63. The van der Waals surface area contributed by atoms with E-state index in [-0.39, 0.29) is 0 Å². The maximum atomic E-state index is 4.86. The first-order valence-corrected chi connectivity index (χ1v) is 9.39. The molecule has 23 heavy (non-hydrogen) atoms. The molecule has 1 aliphatic heterocycles. The van der Waals surface area contributed by atoms with Gasteiger partial charge in [-0.1, -0.05) is 19.3 Å².